The molecule has 1 N–H and O–H groups in total. The largest absolute Gasteiger partial charge is 0.507 e. The number of nitrogens with zero attached hydrogens (tertiary/aromatic N) is 2. The third-order valence-corrected chi connectivity index (χ3v) is 5.66. The summed E-state index contributed by atoms with van der Waals surface area (Å²) < 4.78 is 19.1. The summed E-state index contributed by atoms with van der Waals surface area (Å²) in [6.07, 6.45) is 1.60. The van der Waals surface area contributed by atoms with Gasteiger partial charge in [0, 0.05) is 6.20 Å². The molecule has 4 rings (SSSR count). The molecule has 0 spiro atoms. The van der Waals surface area contributed by atoms with E-state index in [9.17, 15) is 19.1 Å². The number of rotatable bonds is 5. The van der Waals surface area contributed by atoms with Crippen LogP contribution in [-0.4, -0.2) is 33.8 Å². The number of ether oxygens (including phenoxy) is 1. The maximum absolute atomic E-state index is 13.6. The predicted molar refractivity (Wildman–Crippen MR) is 121 cm³/mol. The van der Waals surface area contributed by atoms with Gasteiger partial charge in [-0.3, -0.25) is 14.6 Å². The van der Waals surface area contributed by atoms with Crippen LogP contribution in [0.15, 0.2) is 66.4 Å². The fourth-order valence-corrected chi connectivity index (χ4v) is 4.25. The molecule has 33 heavy (non-hydrogen) atoms. The van der Waals surface area contributed by atoms with E-state index in [2.05, 4.69) is 4.98 Å². The molecule has 2 aromatic carbocycles. The Balaban J connectivity index is 1.93. The Hall–Kier alpha value is -4.00. The maximum atomic E-state index is 13.6. The summed E-state index contributed by atoms with van der Waals surface area (Å²) in [5.74, 6) is -1.96. The number of aliphatic hydroxyl groups is 1. The number of carbonyl (C=O) groups is 2. The first-order chi connectivity index (χ1) is 15.8. The number of Topliss-reactive ketones (excluding diaryl/α,β-unsaturated/α-hetero) is 1. The summed E-state index contributed by atoms with van der Waals surface area (Å²) in [4.78, 5) is 31.9. The lowest BCUT2D eigenvalue weighted by atomic mass is 9.93. The number of aliphatic hydroxyl groups excluding tert-OH is 1. The minimum Gasteiger partial charge on any atom is -0.507 e. The van der Waals surface area contributed by atoms with Gasteiger partial charge < -0.3 is 14.7 Å². The number of hydrogen-bond acceptors (Lipinski definition) is 5. The van der Waals surface area contributed by atoms with Crippen molar-refractivity contribution in [3.63, 3.8) is 0 Å². The van der Waals surface area contributed by atoms with E-state index >= 15 is 0 Å². The summed E-state index contributed by atoms with van der Waals surface area (Å²) in [6.45, 7) is 3.74. The lowest BCUT2D eigenvalue weighted by Crippen LogP contribution is -2.29. The van der Waals surface area contributed by atoms with E-state index in [4.69, 9.17) is 4.74 Å². The summed E-state index contributed by atoms with van der Waals surface area (Å²) in [5.41, 5.74) is 2.95. The first-order valence-corrected chi connectivity index (χ1v) is 10.4. The van der Waals surface area contributed by atoms with Crippen LogP contribution in [0.3, 0.4) is 0 Å². The smallest absolute Gasteiger partial charge is 0.296 e. The maximum Gasteiger partial charge on any atom is 0.296 e. The number of benzene rings is 2. The second-order valence-corrected chi connectivity index (χ2v) is 7.96. The van der Waals surface area contributed by atoms with Crippen molar-refractivity contribution in [2.75, 3.05) is 7.11 Å². The molecular formula is C26H23FN2O4. The Labute approximate surface area is 191 Å². The minimum atomic E-state index is -0.918. The van der Waals surface area contributed by atoms with Gasteiger partial charge in [0.1, 0.15) is 17.3 Å². The Morgan fingerprint density at radius 3 is 2.48 bits per heavy atom. The number of hydrogen-bond donors (Lipinski definition) is 1. The molecule has 1 aliphatic heterocycles. The quantitative estimate of drug-likeness (QED) is 0.355. The number of carbonyl (C=O) groups excluding carboxylic acids is 2. The molecule has 0 bridgehead atoms. The highest BCUT2D eigenvalue weighted by Crippen LogP contribution is 2.42. The first-order valence-electron chi connectivity index (χ1n) is 10.4. The van der Waals surface area contributed by atoms with Gasteiger partial charge in [-0.2, -0.15) is 0 Å². The molecule has 2 heterocycles. The van der Waals surface area contributed by atoms with Crippen LogP contribution in [0.2, 0.25) is 0 Å². The Bertz CT molecular complexity index is 1250. The molecular weight excluding hydrogens is 423 g/mol. The highest BCUT2D eigenvalue weighted by atomic mass is 19.1. The standard InChI is InChI=1S/C26H23FN2O4/c1-15-12-16(2)25(33-3)20(13-15)23(30)21-22(17-7-9-18(27)10-8-17)29(26(32)24(21)31)14-19-6-4-5-11-28-19/h4-13,22,30H,14H2,1-3H3/b23-21+. The van der Waals surface area contributed by atoms with Gasteiger partial charge in [-0.25, -0.2) is 4.39 Å². The third-order valence-electron chi connectivity index (χ3n) is 5.66. The van der Waals surface area contributed by atoms with Gasteiger partial charge in [-0.1, -0.05) is 24.3 Å². The number of aromatic nitrogens is 1. The van der Waals surface area contributed by atoms with Gasteiger partial charge in [0.15, 0.2) is 0 Å². The molecule has 1 unspecified atom stereocenters. The lowest BCUT2D eigenvalue weighted by molar-refractivity contribution is -0.140. The molecule has 0 radical (unpaired) electrons. The molecule has 1 aliphatic rings. The third kappa shape index (κ3) is 4.09. The van der Waals surface area contributed by atoms with Crippen LogP contribution in [0.5, 0.6) is 5.75 Å². The van der Waals surface area contributed by atoms with Crippen LogP contribution in [0.4, 0.5) is 4.39 Å². The predicted octanol–water partition coefficient (Wildman–Crippen LogP) is 4.47. The van der Waals surface area contributed by atoms with Crippen molar-refractivity contribution in [1.82, 2.24) is 9.88 Å². The highest BCUT2D eigenvalue weighted by Gasteiger charge is 2.46. The SMILES string of the molecule is COc1c(C)cc(C)cc1/C(O)=C1\C(=O)C(=O)N(Cc2ccccn2)C1c1ccc(F)cc1. The van der Waals surface area contributed by atoms with Gasteiger partial charge in [-0.05, 0) is 60.9 Å². The number of aryl methyl sites for hydroxylation is 2. The van der Waals surface area contributed by atoms with Crippen molar-refractivity contribution >= 4 is 17.4 Å². The average Bonchev–Trinajstić information content (AvgIpc) is 3.04. The fraction of sp³-hybridized carbons (Fsp3) is 0.192. The molecule has 3 aromatic rings. The number of halogens is 1. The zero-order chi connectivity index (χ0) is 23.7. The van der Waals surface area contributed by atoms with Crippen molar-refractivity contribution in [3.05, 3.63) is 100 Å². The van der Waals surface area contributed by atoms with Gasteiger partial charge in [0.05, 0.1) is 36.5 Å². The monoisotopic (exact) mass is 446 g/mol. The fourth-order valence-electron chi connectivity index (χ4n) is 4.25. The van der Waals surface area contributed by atoms with Crippen molar-refractivity contribution in [3.8, 4) is 5.75 Å². The summed E-state index contributed by atoms with van der Waals surface area (Å²) in [6, 6.07) is 13.5. The first kappa shape index (κ1) is 22.2. The van der Waals surface area contributed by atoms with E-state index in [1.807, 2.05) is 19.9 Å². The van der Waals surface area contributed by atoms with Gasteiger partial charge in [-0.15, -0.1) is 0 Å². The Morgan fingerprint density at radius 2 is 1.85 bits per heavy atom. The van der Waals surface area contributed by atoms with Gasteiger partial charge in [0.25, 0.3) is 11.7 Å². The van der Waals surface area contributed by atoms with E-state index in [0.717, 1.165) is 11.1 Å². The zero-order valence-corrected chi connectivity index (χ0v) is 18.5. The summed E-state index contributed by atoms with van der Waals surface area (Å²) >= 11 is 0. The molecule has 0 aliphatic carbocycles. The van der Waals surface area contributed by atoms with Crippen molar-refractivity contribution in [2.45, 2.75) is 26.4 Å². The second-order valence-electron chi connectivity index (χ2n) is 7.96. The second kappa shape index (κ2) is 8.86. The number of pyridine rings is 1. The number of likely N-dealkylation sites (tertiary alicyclic amines) is 1. The van der Waals surface area contributed by atoms with Crippen LogP contribution in [0.25, 0.3) is 5.76 Å². The molecule has 0 saturated carbocycles. The number of amides is 1. The molecule has 1 fully saturated rings. The molecule has 6 nitrogen and oxygen atoms in total. The van der Waals surface area contributed by atoms with Crippen LogP contribution in [0.1, 0.15) is 34.0 Å². The highest BCUT2D eigenvalue weighted by molar-refractivity contribution is 6.46. The van der Waals surface area contributed by atoms with E-state index < -0.39 is 23.5 Å². The lowest BCUT2D eigenvalue weighted by Gasteiger charge is -2.25. The Kier molecular flexibility index (Phi) is 5.96. The molecule has 1 atom stereocenters. The van der Waals surface area contributed by atoms with Crippen LogP contribution >= 0.6 is 0 Å². The normalized spacial score (nSPS) is 17.5. The topological polar surface area (TPSA) is 79.7 Å². The zero-order valence-electron chi connectivity index (χ0n) is 18.5. The molecule has 1 amide bonds. The van der Waals surface area contributed by atoms with Crippen molar-refractivity contribution in [1.29, 1.82) is 0 Å². The van der Waals surface area contributed by atoms with Crippen molar-refractivity contribution < 1.29 is 23.8 Å². The number of ketones is 1. The molecule has 168 valence electrons. The Morgan fingerprint density at radius 1 is 1.12 bits per heavy atom. The molecule has 1 aromatic heterocycles. The van der Waals surface area contributed by atoms with Crippen molar-refractivity contribution in [2.24, 2.45) is 0 Å². The van der Waals surface area contributed by atoms with Crippen LogP contribution in [0, 0.1) is 19.7 Å². The van der Waals surface area contributed by atoms with E-state index in [-0.39, 0.29) is 17.9 Å². The molecule has 7 heteroatoms. The van der Waals surface area contributed by atoms with Crippen LogP contribution < -0.4 is 4.74 Å². The summed E-state index contributed by atoms with van der Waals surface area (Å²) in [5, 5.41) is 11.3. The van der Waals surface area contributed by atoms with Gasteiger partial charge in [0.2, 0.25) is 0 Å². The minimum absolute atomic E-state index is 0.0498. The van der Waals surface area contributed by atoms with E-state index in [1.165, 1.54) is 36.3 Å². The molecule has 1 saturated heterocycles. The summed E-state index contributed by atoms with van der Waals surface area (Å²) in [7, 11) is 1.48. The van der Waals surface area contributed by atoms with Gasteiger partial charge >= 0.3 is 0 Å². The average molecular weight is 446 g/mol. The number of methoxy groups -OCH3 is 1. The van der Waals surface area contributed by atoms with Crippen LogP contribution in [-0.2, 0) is 16.1 Å². The van der Waals surface area contributed by atoms with E-state index in [0.29, 0.717) is 22.6 Å². The van der Waals surface area contributed by atoms with E-state index in [1.54, 1.807) is 30.5 Å².